The molecule has 0 unspecified atom stereocenters. The number of hydrogen-bond donors (Lipinski definition) is 0. The molecule has 0 saturated carbocycles. The Morgan fingerprint density at radius 3 is 2.24 bits per heavy atom. The van der Waals surface area contributed by atoms with Crippen LogP contribution in [0.5, 0.6) is 0 Å². The van der Waals surface area contributed by atoms with Crippen LogP contribution in [0.3, 0.4) is 0 Å². The van der Waals surface area contributed by atoms with Crippen LogP contribution >= 0.6 is 0 Å². The van der Waals surface area contributed by atoms with Gasteiger partial charge in [-0.2, -0.15) is 0 Å². The number of rotatable bonds is 2. The number of furan rings is 1. The van der Waals surface area contributed by atoms with E-state index in [0.717, 1.165) is 5.76 Å². The second-order valence-electron chi connectivity index (χ2n) is 4.51. The fourth-order valence-corrected chi connectivity index (χ4v) is 1.71. The molecule has 0 N–H and O–H groups in total. The summed E-state index contributed by atoms with van der Waals surface area (Å²) in [6.45, 7) is 4.84. The minimum atomic E-state index is -1.18. The van der Waals surface area contributed by atoms with Crippen molar-refractivity contribution >= 4 is 11.9 Å². The van der Waals surface area contributed by atoms with Crippen molar-refractivity contribution in [1.29, 1.82) is 0 Å². The van der Waals surface area contributed by atoms with Crippen molar-refractivity contribution in [2.24, 2.45) is 5.92 Å². The highest BCUT2D eigenvalue weighted by molar-refractivity contribution is 5.96. The van der Waals surface area contributed by atoms with E-state index in [2.05, 4.69) is 0 Å². The highest BCUT2D eigenvalue weighted by Gasteiger charge is 2.43. The first-order chi connectivity index (χ1) is 7.87. The zero-order chi connectivity index (χ0) is 12.6. The van der Waals surface area contributed by atoms with Gasteiger partial charge in [0.2, 0.25) is 0 Å². The summed E-state index contributed by atoms with van der Waals surface area (Å²) in [5.74, 6) is -1.95. The summed E-state index contributed by atoms with van der Waals surface area (Å²) in [6.07, 6.45) is 0.168. The van der Waals surface area contributed by atoms with Crippen LogP contribution in [0.4, 0.5) is 0 Å². The van der Waals surface area contributed by atoms with Crippen molar-refractivity contribution in [3.8, 4) is 0 Å². The molecule has 0 spiro atoms. The van der Waals surface area contributed by atoms with Gasteiger partial charge in [0.15, 0.2) is 5.92 Å². The van der Waals surface area contributed by atoms with Crippen molar-refractivity contribution in [3.63, 3.8) is 0 Å². The monoisotopic (exact) mass is 238 g/mol. The fraction of sp³-hybridized carbons (Fsp3) is 0.500. The molecule has 0 amide bonds. The Hall–Kier alpha value is -1.78. The van der Waals surface area contributed by atoms with Gasteiger partial charge in [-0.15, -0.1) is 0 Å². The molecule has 0 radical (unpaired) electrons. The van der Waals surface area contributed by atoms with Crippen LogP contribution < -0.4 is 0 Å². The largest absolute Gasteiger partial charge is 0.466 e. The highest BCUT2D eigenvalue weighted by Crippen LogP contribution is 2.25. The van der Waals surface area contributed by atoms with Gasteiger partial charge in [0.05, 0.1) is 0 Å². The van der Waals surface area contributed by atoms with E-state index < -0.39 is 23.6 Å². The fourth-order valence-electron chi connectivity index (χ4n) is 1.71. The van der Waals surface area contributed by atoms with Crippen molar-refractivity contribution in [2.75, 3.05) is 0 Å². The molecule has 2 heterocycles. The van der Waals surface area contributed by atoms with E-state index in [1.807, 2.05) is 0 Å². The van der Waals surface area contributed by atoms with Crippen LogP contribution in [0.25, 0.3) is 0 Å². The first-order valence-electron chi connectivity index (χ1n) is 5.38. The molecule has 1 saturated heterocycles. The molecular weight excluding hydrogens is 224 g/mol. The summed E-state index contributed by atoms with van der Waals surface area (Å²) >= 11 is 0. The van der Waals surface area contributed by atoms with Gasteiger partial charge in [-0.3, -0.25) is 9.59 Å². The normalized spacial score (nSPS) is 19.9. The number of carbonyl (C=O) groups excluding carboxylic acids is 2. The third-order valence-corrected chi connectivity index (χ3v) is 2.46. The molecule has 0 aliphatic carbocycles. The Labute approximate surface area is 98.7 Å². The van der Waals surface area contributed by atoms with E-state index >= 15 is 0 Å². The van der Waals surface area contributed by atoms with Crippen molar-refractivity contribution in [1.82, 2.24) is 0 Å². The van der Waals surface area contributed by atoms with Crippen LogP contribution in [0.1, 0.15) is 25.4 Å². The molecule has 5 heteroatoms. The van der Waals surface area contributed by atoms with E-state index in [0.29, 0.717) is 5.76 Å². The summed E-state index contributed by atoms with van der Waals surface area (Å²) < 4.78 is 15.3. The van der Waals surface area contributed by atoms with Crippen molar-refractivity contribution in [2.45, 2.75) is 33.0 Å². The molecule has 92 valence electrons. The summed E-state index contributed by atoms with van der Waals surface area (Å²) in [7, 11) is 0. The minimum Gasteiger partial charge on any atom is -0.466 e. The Morgan fingerprint density at radius 1 is 1.18 bits per heavy atom. The molecule has 0 bridgehead atoms. The topological polar surface area (TPSA) is 65.7 Å². The standard InChI is InChI=1S/C12H14O5/c1-7-4-5-8(15-7)6-9-10(13)16-12(2,3)17-11(9)14/h4-5,9H,6H2,1-3H3. The lowest BCUT2D eigenvalue weighted by molar-refractivity contribution is -0.239. The van der Waals surface area contributed by atoms with Crippen LogP contribution in [-0.2, 0) is 25.5 Å². The maximum absolute atomic E-state index is 11.7. The number of carbonyl (C=O) groups is 2. The summed E-state index contributed by atoms with van der Waals surface area (Å²) in [4.78, 5) is 23.3. The molecule has 2 rings (SSSR count). The molecule has 1 aromatic heterocycles. The third-order valence-electron chi connectivity index (χ3n) is 2.46. The Morgan fingerprint density at radius 2 is 1.76 bits per heavy atom. The summed E-state index contributed by atoms with van der Waals surface area (Å²) in [6, 6.07) is 3.51. The van der Waals surface area contributed by atoms with Gasteiger partial charge in [0, 0.05) is 20.3 Å². The van der Waals surface area contributed by atoms with Crippen molar-refractivity contribution < 1.29 is 23.5 Å². The van der Waals surface area contributed by atoms with Gasteiger partial charge >= 0.3 is 11.9 Å². The highest BCUT2D eigenvalue weighted by atomic mass is 16.7. The van der Waals surface area contributed by atoms with Gasteiger partial charge in [-0.25, -0.2) is 0 Å². The van der Waals surface area contributed by atoms with Gasteiger partial charge in [0.25, 0.3) is 5.79 Å². The number of esters is 2. The molecule has 0 atom stereocenters. The first-order valence-corrected chi connectivity index (χ1v) is 5.38. The number of cyclic esters (lactones) is 2. The SMILES string of the molecule is Cc1ccc(CC2C(=O)OC(C)(C)OC2=O)o1. The van der Waals surface area contributed by atoms with Gasteiger partial charge < -0.3 is 13.9 Å². The molecule has 0 aromatic carbocycles. The predicted molar refractivity (Wildman–Crippen MR) is 56.9 cm³/mol. The molecule has 17 heavy (non-hydrogen) atoms. The Kier molecular flexibility index (Phi) is 2.69. The zero-order valence-electron chi connectivity index (χ0n) is 9.98. The summed E-state index contributed by atoms with van der Waals surface area (Å²) in [5.41, 5.74) is 0. The van der Waals surface area contributed by atoms with Crippen molar-refractivity contribution in [3.05, 3.63) is 23.7 Å². The molecule has 1 aliphatic heterocycles. The number of aryl methyl sites for hydroxylation is 1. The van der Waals surface area contributed by atoms with Crippen LogP contribution in [-0.4, -0.2) is 17.7 Å². The second-order valence-corrected chi connectivity index (χ2v) is 4.51. The zero-order valence-corrected chi connectivity index (χ0v) is 9.98. The van der Waals surface area contributed by atoms with E-state index in [4.69, 9.17) is 13.9 Å². The maximum Gasteiger partial charge on any atom is 0.324 e. The lowest BCUT2D eigenvalue weighted by Gasteiger charge is -2.32. The van der Waals surface area contributed by atoms with E-state index in [1.165, 1.54) is 13.8 Å². The Bertz CT molecular complexity index is 437. The van der Waals surface area contributed by atoms with Crippen LogP contribution in [0.2, 0.25) is 0 Å². The Balaban J connectivity index is 2.11. The average Bonchev–Trinajstić information content (AvgIpc) is 2.56. The van der Waals surface area contributed by atoms with E-state index in [9.17, 15) is 9.59 Å². The van der Waals surface area contributed by atoms with Crippen LogP contribution in [0.15, 0.2) is 16.5 Å². The first kappa shape index (κ1) is 11.7. The summed E-state index contributed by atoms with van der Waals surface area (Å²) in [5, 5.41) is 0. The quantitative estimate of drug-likeness (QED) is 0.578. The molecule has 5 nitrogen and oxygen atoms in total. The van der Waals surface area contributed by atoms with E-state index in [-0.39, 0.29) is 6.42 Å². The third kappa shape index (κ3) is 2.49. The molecule has 1 aliphatic rings. The number of hydrogen-bond acceptors (Lipinski definition) is 5. The lowest BCUT2D eigenvalue weighted by atomic mass is 10.0. The molecule has 1 aromatic rings. The average molecular weight is 238 g/mol. The number of ether oxygens (including phenoxy) is 2. The molecular formula is C12H14O5. The van der Waals surface area contributed by atoms with Gasteiger partial charge in [-0.1, -0.05) is 0 Å². The van der Waals surface area contributed by atoms with Gasteiger partial charge in [0.1, 0.15) is 11.5 Å². The van der Waals surface area contributed by atoms with Gasteiger partial charge in [-0.05, 0) is 19.1 Å². The minimum absolute atomic E-state index is 0.168. The second kappa shape index (κ2) is 3.91. The van der Waals surface area contributed by atoms with Crippen LogP contribution in [0, 0.1) is 12.8 Å². The smallest absolute Gasteiger partial charge is 0.324 e. The lowest BCUT2D eigenvalue weighted by Crippen LogP contribution is -2.46. The predicted octanol–water partition coefficient (Wildman–Crippen LogP) is 1.58. The maximum atomic E-state index is 11.7. The molecule has 1 fully saturated rings. The van der Waals surface area contributed by atoms with E-state index in [1.54, 1.807) is 19.1 Å².